The van der Waals surface area contributed by atoms with Gasteiger partial charge in [-0.25, -0.2) is 4.98 Å². The van der Waals surface area contributed by atoms with Crippen LogP contribution >= 0.6 is 0 Å². The quantitative estimate of drug-likeness (QED) is 0.656. The van der Waals surface area contributed by atoms with E-state index in [0.717, 1.165) is 34.5 Å². The minimum Gasteiger partial charge on any atom is -0.362 e. The smallest absolute Gasteiger partial charge is 0.225 e. The average molecular weight is 410 g/mol. The molecule has 2 N–H and O–H groups in total. The van der Waals surface area contributed by atoms with Crippen molar-refractivity contribution in [1.82, 2.24) is 15.3 Å². The number of benzene rings is 1. The van der Waals surface area contributed by atoms with Crippen LogP contribution in [0.4, 0.5) is 11.8 Å². The van der Waals surface area contributed by atoms with Crippen molar-refractivity contribution in [2.24, 2.45) is 11.8 Å². The number of fused-ring (bicyclic) bond motifs is 1. The summed E-state index contributed by atoms with van der Waals surface area (Å²) >= 11 is 0. The maximum absolute atomic E-state index is 4.81. The van der Waals surface area contributed by atoms with Gasteiger partial charge in [0.2, 0.25) is 5.95 Å². The van der Waals surface area contributed by atoms with E-state index in [9.17, 15) is 0 Å². The number of aromatic nitrogens is 2. The van der Waals surface area contributed by atoms with Gasteiger partial charge >= 0.3 is 0 Å². The first-order valence-electron chi connectivity index (χ1n) is 12.0. The number of hydrogen-bond acceptors (Lipinski definition) is 5. The van der Waals surface area contributed by atoms with Gasteiger partial charge in [-0.2, -0.15) is 4.98 Å². The molecule has 2 aliphatic carbocycles. The summed E-state index contributed by atoms with van der Waals surface area (Å²) in [5, 5.41) is 8.58. The summed E-state index contributed by atoms with van der Waals surface area (Å²) in [6.45, 7) is 3.60. The molecule has 0 amide bonds. The predicted octanol–water partition coefficient (Wildman–Crippen LogP) is 5.22. The first-order chi connectivity index (χ1) is 14.6. The first-order valence-corrected chi connectivity index (χ1v) is 12.0. The second kappa shape index (κ2) is 9.95. The van der Waals surface area contributed by atoms with Crippen molar-refractivity contribution in [3.05, 3.63) is 24.3 Å². The van der Waals surface area contributed by atoms with E-state index in [-0.39, 0.29) is 0 Å². The highest BCUT2D eigenvalue weighted by Crippen LogP contribution is 2.30. The highest BCUT2D eigenvalue weighted by atomic mass is 15.2. The summed E-state index contributed by atoms with van der Waals surface area (Å²) < 4.78 is 0. The van der Waals surface area contributed by atoms with Crippen LogP contribution in [0.3, 0.4) is 0 Å². The molecular formula is C25H39N5. The molecule has 0 spiro atoms. The molecule has 1 aromatic heterocycles. The normalized spacial score (nSPS) is 27.2. The van der Waals surface area contributed by atoms with Crippen LogP contribution in [0.2, 0.25) is 0 Å². The summed E-state index contributed by atoms with van der Waals surface area (Å²) in [4.78, 5) is 11.7. The van der Waals surface area contributed by atoms with Crippen LogP contribution in [0.25, 0.3) is 10.9 Å². The molecule has 2 aromatic rings. The van der Waals surface area contributed by atoms with Gasteiger partial charge in [0, 0.05) is 31.6 Å². The van der Waals surface area contributed by atoms with Crippen LogP contribution in [0.1, 0.15) is 64.7 Å². The fraction of sp³-hybridized carbons (Fsp3) is 0.680. The zero-order valence-electron chi connectivity index (χ0n) is 19.0. The minimum atomic E-state index is 0.471. The molecule has 30 heavy (non-hydrogen) atoms. The fourth-order valence-electron chi connectivity index (χ4n) is 5.20. The van der Waals surface area contributed by atoms with Gasteiger partial charge in [-0.1, -0.05) is 44.7 Å². The van der Waals surface area contributed by atoms with Crippen molar-refractivity contribution in [1.29, 1.82) is 0 Å². The Morgan fingerprint density at radius 1 is 0.900 bits per heavy atom. The van der Waals surface area contributed by atoms with E-state index in [1.54, 1.807) is 0 Å². The number of rotatable bonds is 7. The highest BCUT2D eigenvalue weighted by Gasteiger charge is 2.23. The van der Waals surface area contributed by atoms with E-state index in [0.29, 0.717) is 12.1 Å². The van der Waals surface area contributed by atoms with Crippen molar-refractivity contribution >= 4 is 22.7 Å². The standard InChI is InChI=1S/C25H39N5/c1-18-8-10-19(11-9-18)16-17-26-20-12-14-21(15-13-20)27-25-28-23-7-5-4-6-22(23)24(29-25)30(2)3/h4-7,18-21,26H,8-17H2,1-3H3,(H,27,28,29). The Kier molecular flexibility index (Phi) is 7.08. The van der Waals surface area contributed by atoms with Crippen LogP contribution in [0, 0.1) is 11.8 Å². The molecule has 2 fully saturated rings. The van der Waals surface area contributed by atoms with Crippen molar-refractivity contribution in [2.75, 3.05) is 30.9 Å². The minimum absolute atomic E-state index is 0.471. The van der Waals surface area contributed by atoms with Crippen molar-refractivity contribution in [3.63, 3.8) is 0 Å². The second-order valence-electron chi connectivity index (χ2n) is 9.84. The molecule has 164 valence electrons. The summed E-state index contributed by atoms with van der Waals surface area (Å²) in [5.74, 6) is 3.66. The summed E-state index contributed by atoms with van der Waals surface area (Å²) in [6.07, 6.45) is 12.0. The lowest BCUT2D eigenvalue weighted by molar-refractivity contribution is 0.266. The molecule has 0 bridgehead atoms. The van der Waals surface area contributed by atoms with E-state index < -0.39 is 0 Å². The number of para-hydroxylation sites is 1. The Morgan fingerprint density at radius 2 is 1.60 bits per heavy atom. The zero-order valence-corrected chi connectivity index (χ0v) is 19.0. The SMILES string of the molecule is CC1CCC(CCNC2CCC(Nc3nc(N(C)C)c4ccccc4n3)CC2)CC1. The van der Waals surface area contributed by atoms with Gasteiger partial charge in [0.15, 0.2) is 0 Å². The summed E-state index contributed by atoms with van der Waals surface area (Å²) in [7, 11) is 4.09. The molecule has 5 heteroatoms. The molecule has 1 heterocycles. The van der Waals surface area contributed by atoms with Gasteiger partial charge in [-0.05, 0) is 62.6 Å². The Bertz CT molecular complexity index is 804. The molecule has 0 aliphatic heterocycles. The number of hydrogen-bond donors (Lipinski definition) is 2. The molecule has 2 aliphatic rings. The fourth-order valence-corrected chi connectivity index (χ4v) is 5.20. The van der Waals surface area contributed by atoms with Crippen molar-refractivity contribution in [2.45, 2.75) is 76.8 Å². The van der Waals surface area contributed by atoms with Gasteiger partial charge in [0.05, 0.1) is 5.52 Å². The summed E-state index contributed by atoms with van der Waals surface area (Å²) in [6, 6.07) is 9.42. The number of nitrogens with zero attached hydrogens (tertiary/aromatic N) is 3. The molecule has 0 atom stereocenters. The number of nitrogens with one attached hydrogen (secondary N) is 2. The maximum Gasteiger partial charge on any atom is 0.225 e. The zero-order chi connectivity index (χ0) is 20.9. The van der Waals surface area contributed by atoms with Gasteiger partial charge in [-0.15, -0.1) is 0 Å². The Labute approximate surface area is 182 Å². The monoisotopic (exact) mass is 409 g/mol. The van der Waals surface area contributed by atoms with Gasteiger partial charge in [-0.3, -0.25) is 0 Å². The first kappa shape index (κ1) is 21.4. The third-order valence-electron chi connectivity index (χ3n) is 7.19. The van der Waals surface area contributed by atoms with E-state index >= 15 is 0 Å². The molecule has 1 aromatic carbocycles. The molecule has 0 unspecified atom stereocenters. The molecular weight excluding hydrogens is 370 g/mol. The molecule has 2 saturated carbocycles. The van der Waals surface area contributed by atoms with Crippen LogP contribution < -0.4 is 15.5 Å². The lowest BCUT2D eigenvalue weighted by Crippen LogP contribution is -2.38. The molecule has 0 radical (unpaired) electrons. The predicted molar refractivity (Wildman–Crippen MR) is 127 cm³/mol. The van der Waals surface area contributed by atoms with Crippen LogP contribution in [-0.4, -0.2) is 42.7 Å². The molecule has 0 saturated heterocycles. The van der Waals surface area contributed by atoms with Crippen molar-refractivity contribution in [3.8, 4) is 0 Å². The topological polar surface area (TPSA) is 53.1 Å². The van der Waals surface area contributed by atoms with Crippen LogP contribution in [-0.2, 0) is 0 Å². The Balaban J connectivity index is 1.25. The largest absolute Gasteiger partial charge is 0.362 e. The number of anilines is 2. The Hall–Kier alpha value is -1.88. The van der Waals surface area contributed by atoms with Gasteiger partial charge < -0.3 is 15.5 Å². The van der Waals surface area contributed by atoms with Gasteiger partial charge in [0.1, 0.15) is 5.82 Å². The van der Waals surface area contributed by atoms with Crippen LogP contribution in [0.15, 0.2) is 24.3 Å². The third-order valence-corrected chi connectivity index (χ3v) is 7.19. The molecule has 5 nitrogen and oxygen atoms in total. The highest BCUT2D eigenvalue weighted by molar-refractivity contribution is 5.90. The lowest BCUT2D eigenvalue weighted by atomic mass is 9.81. The maximum atomic E-state index is 4.81. The van der Waals surface area contributed by atoms with Crippen molar-refractivity contribution < 1.29 is 0 Å². The second-order valence-corrected chi connectivity index (χ2v) is 9.84. The van der Waals surface area contributed by atoms with Crippen LogP contribution in [0.5, 0.6) is 0 Å². The average Bonchev–Trinajstić information content (AvgIpc) is 2.76. The third kappa shape index (κ3) is 5.42. The Morgan fingerprint density at radius 3 is 2.33 bits per heavy atom. The van der Waals surface area contributed by atoms with E-state index in [4.69, 9.17) is 9.97 Å². The molecule has 4 rings (SSSR count). The van der Waals surface area contributed by atoms with Gasteiger partial charge in [0.25, 0.3) is 0 Å². The summed E-state index contributed by atoms with van der Waals surface area (Å²) in [5.41, 5.74) is 1.01. The van der Waals surface area contributed by atoms with E-state index in [1.807, 2.05) is 20.2 Å². The van der Waals surface area contributed by atoms with E-state index in [2.05, 4.69) is 40.7 Å². The lowest BCUT2D eigenvalue weighted by Gasteiger charge is -2.31. The van der Waals surface area contributed by atoms with E-state index in [1.165, 1.54) is 64.3 Å².